The second-order valence-electron chi connectivity index (χ2n) is 2.82. The first kappa shape index (κ1) is 20.2. The summed E-state index contributed by atoms with van der Waals surface area (Å²) in [6.45, 7) is 6.53. The molecule has 0 aromatic rings. The van der Waals surface area contributed by atoms with Crippen molar-refractivity contribution in [2.24, 2.45) is 0 Å². The van der Waals surface area contributed by atoms with E-state index in [0.29, 0.717) is 0 Å². The van der Waals surface area contributed by atoms with Gasteiger partial charge in [-0.25, -0.2) is 0 Å². The fraction of sp³-hybridized carbons (Fsp3) is 1.00. The van der Waals surface area contributed by atoms with Gasteiger partial charge in [-0.05, 0) is 12.8 Å². The Labute approximate surface area is 92.6 Å². The van der Waals surface area contributed by atoms with Crippen LogP contribution in [0.1, 0.15) is 39.5 Å². The second-order valence-corrected chi connectivity index (χ2v) is 3.64. The van der Waals surface area contributed by atoms with Gasteiger partial charge in [-0.1, -0.05) is 26.7 Å². The molecule has 0 spiro atoms. The molecule has 0 aromatic heterocycles. The molecule has 0 amide bonds. The van der Waals surface area contributed by atoms with E-state index in [0.717, 1.165) is 13.1 Å². The Kier molecular flexibility index (Phi) is 21.9. The molecular weight excluding hydrogens is 220 g/mol. The maximum absolute atomic E-state index is 8.52. The largest absolute Gasteiger partial charge is 0.759 e. The molecule has 0 atom stereocenters. The van der Waals surface area contributed by atoms with Gasteiger partial charge >= 0.3 is 0 Å². The summed E-state index contributed by atoms with van der Waals surface area (Å²) in [6, 6.07) is 0. The summed E-state index contributed by atoms with van der Waals surface area (Å²) in [4.78, 5) is 0. The Bertz CT molecular complexity index is 165. The summed E-state index contributed by atoms with van der Waals surface area (Å²) in [5.74, 6) is 0. The molecule has 0 aliphatic heterocycles. The molecule has 0 aromatic carbocycles. The Morgan fingerprint density at radius 2 is 1.13 bits per heavy atom. The van der Waals surface area contributed by atoms with Crippen LogP contribution in [0.3, 0.4) is 0 Å². The summed E-state index contributed by atoms with van der Waals surface area (Å²) < 4.78 is 34.1. The van der Waals surface area contributed by atoms with Crippen molar-refractivity contribution >= 4 is 10.4 Å². The van der Waals surface area contributed by atoms with Crippen molar-refractivity contribution in [1.82, 2.24) is 0 Å². The van der Waals surface area contributed by atoms with Gasteiger partial charge in [0, 0.05) is 10.4 Å². The van der Waals surface area contributed by atoms with Gasteiger partial charge in [0.15, 0.2) is 0 Å². The lowest BCUT2D eigenvalue weighted by Crippen LogP contribution is -2.49. The molecule has 0 rings (SSSR count). The van der Waals surface area contributed by atoms with Crippen LogP contribution in [0.4, 0.5) is 0 Å². The van der Waals surface area contributed by atoms with Gasteiger partial charge in [0.05, 0.1) is 13.1 Å². The van der Waals surface area contributed by atoms with Crippen LogP contribution in [-0.4, -0.2) is 30.6 Å². The van der Waals surface area contributed by atoms with Crippen molar-refractivity contribution in [3.63, 3.8) is 0 Å². The number of rotatable bonds is 4. The van der Waals surface area contributed by atoms with Crippen LogP contribution in [0.2, 0.25) is 0 Å². The van der Waals surface area contributed by atoms with Gasteiger partial charge in [-0.3, -0.25) is 8.42 Å². The Morgan fingerprint density at radius 3 is 1.13 bits per heavy atom. The Hall–Kier alpha value is -0.210. The molecule has 0 heterocycles. The minimum Gasteiger partial charge on any atom is -0.759 e. The smallest absolute Gasteiger partial charge is 0.0739 e. The molecule has 6 N–H and O–H groups in total. The predicted molar refractivity (Wildman–Crippen MR) is 55.8 cm³/mol. The van der Waals surface area contributed by atoms with Crippen LogP contribution in [-0.2, 0) is 10.4 Å². The molecule has 96 valence electrons. The number of unbranched alkanes of at least 4 members (excludes halogenated alkanes) is 2. The van der Waals surface area contributed by atoms with Crippen LogP contribution in [0.25, 0.3) is 0 Å². The number of quaternary nitrogens is 2. The second kappa shape index (κ2) is 16.2. The van der Waals surface area contributed by atoms with Crippen molar-refractivity contribution in [3.05, 3.63) is 0 Å². The van der Waals surface area contributed by atoms with Gasteiger partial charge in [0.25, 0.3) is 0 Å². The van der Waals surface area contributed by atoms with Gasteiger partial charge in [0.1, 0.15) is 0 Å². The van der Waals surface area contributed by atoms with E-state index < -0.39 is 10.4 Å². The third-order valence-electron chi connectivity index (χ3n) is 1.21. The molecule has 0 bridgehead atoms. The molecule has 0 saturated carbocycles. The standard InChI is InChI=1S/2C4H11N.H2O4S/c2*1-2-3-4-5;1-5(2,3)4/h2*2-5H2,1H3;(H2,1,2,3,4). The molecule has 0 saturated heterocycles. The quantitative estimate of drug-likeness (QED) is 0.470. The summed E-state index contributed by atoms with van der Waals surface area (Å²) in [6.07, 6.45) is 5.12. The zero-order valence-electron chi connectivity index (χ0n) is 9.70. The molecule has 0 unspecified atom stereocenters. The predicted octanol–water partition coefficient (Wildman–Crippen LogP) is -1.28. The SMILES string of the molecule is CCCC[NH3+].CCCC[NH3+].O=S(=O)([O-])[O-]. The number of hydrogen-bond acceptors (Lipinski definition) is 4. The van der Waals surface area contributed by atoms with Gasteiger partial charge < -0.3 is 20.6 Å². The Morgan fingerprint density at radius 1 is 0.933 bits per heavy atom. The molecule has 7 heteroatoms. The van der Waals surface area contributed by atoms with E-state index in [2.05, 4.69) is 25.3 Å². The Balaban J connectivity index is -0.000000144. The first-order chi connectivity index (χ1) is 6.83. The van der Waals surface area contributed by atoms with E-state index in [1.807, 2.05) is 0 Å². The lowest BCUT2D eigenvalue weighted by atomic mass is 10.3. The lowest BCUT2D eigenvalue weighted by Gasteiger charge is -2.06. The van der Waals surface area contributed by atoms with E-state index in [-0.39, 0.29) is 0 Å². The van der Waals surface area contributed by atoms with E-state index in [4.69, 9.17) is 17.5 Å². The van der Waals surface area contributed by atoms with Gasteiger partial charge in [-0.15, -0.1) is 0 Å². The van der Waals surface area contributed by atoms with Crippen LogP contribution in [0, 0.1) is 0 Å². The lowest BCUT2D eigenvalue weighted by molar-refractivity contribution is -0.368. The first-order valence-corrected chi connectivity index (χ1v) is 6.41. The van der Waals surface area contributed by atoms with Crippen LogP contribution >= 0.6 is 0 Å². The van der Waals surface area contributed by atoms with E-state index in [9.17, 15) is 0 Å². The highest BCUT2D eigenvalue weighted by Gasteiger charge is 1.71. The minimum atomic E-state index is -5.17. The fourth-order valence-electron chi connectivity index (χ4n) is 0.500. The van der Waals surface area contributed by atoms with Crippen LogP contribution in [0.15, 0.2) is 0 Å². The average molecular weight is 244 g/mol. The zero-order chi connectivity index (χ0) is 12.7. The zero-order valence-corrected chi connectivity index (χ0v) is 10.5. The maximum Gasteiger partial charge on any atom is 0.0739 e. The minimum absolute atomic E-state index is 1.09. The highest BCUT2D eigenvalue weighted by Crippen LogP contribution is 1.76. The topological polar surface area (TPSA) is 136 Å². The van der Waals surface area contributed by atoms with Crippen LogP contribution < -0.4 is 11.5 Å². The van der Waals surface area contributed by atoms with E-state index >= 15 is 0 Å². The molecule has 0 fully saturated rings. The van der Waals surface area contributed by atoms with Crippen LogP contribution in [0.5, 0.6) is 0 Å². The van der Waals surface area contributed by atoms with Crippen molar-refractivity contribution in [2.45, 2.75) is 39.5 Å². The van der Waals surface area contributed by atoms with E-state index in [1.165, 1.54) is 25.7 Å². The summed E-state index contributed by atoms with van der Waals surface area (Å²) in [5.41, 5.74) is 7.35. The normalized spacial score (nSPS) is 9.47. The van der Waals surface area contributed by atoms with Gasteiger partial charge in [-0.2, -0.15) is 0 Å². The van der Waals surface area contributed by atoms with Gasteiger partial charge in [0.2, 0.25) is 0 Å². The van der Waals surface area contributed by atoms with E-state index in [1.54, 1.807) is 0 Å². The highest BCUT2D eigenvalue weighted by atomic mass is 32.3. The summed E-state index contributed by atoms with van der Waals surface area (Å²) >= 11 is 0. The average Bonchev–Trinajstić information content (AvgIpc) is 2.05. The van der Waals surface area contributed by atoms with Crippen molar-refractivity contribution in [2.75, 3.05) is 13.1 Å². The number of hydrogen-bond donors (Lipinski definition) is 2. The highest BCUT2D eigenvalue weighted by molar-refractivity contribution is 7.79. The third-order valence-corrected chi connectivity index (χ3v) is 1.21. The van der Waals surface area contributed by atoms with Crippen molar-refractivity contribution in [1.29, 1.82) is 0 Å². The molecule has 0 radical (unpaired) electrons. The monoisotopic (exact) mass is 244 g/mol. The first-order valence-electron chi connectivity index (χ1n) is 5.08. The fourth-order valence-corrected chi connectivity index (χ4v) is 0.500. The van der Waals surface area contributed by atoms with Crippen molar-refractivity contribution < 1.29 is 29.0 Å². The summed E-state index contributed by atoms with van der Waals surface area (Å²) in [5, 5.41) is 0. The molecule has 0 aliphatic carbocycles. The molecule has 15 heavy (non-hydrogen) atoms. The van der Waals surface area contributed by atoms with Crippen molar-refractivity contribution in [3.8, 4) is 0 Å². The molecular formula is C8H24N2O4S. The maximum atomic E-state index is 8.52. The molecule has 0 aliphatic rings. The third kappa shape index (κ3) is 133. The summed E-state index contributed by atoms with van der Waals surface area (Å²) in [7, 11) is -5.17. The molecule has 6 nitrogen and oxygen atoms in total.